The predicted molar refractivity (Wildman–Crippen MR) is 96.3 cm³/mol. The number of amides is 1. The molecule has 6 nitrogen and oxygen atoms in total. The molecule has 2 aromatic heterocycles. The summed E-state index contributed by atoms with van der Waals surface area (Å²) in [7, 11) is 1.71. The van der Waals surface area contributed by atoms with Gasteiger partial charge in [-0.3, -0.25) is 9.48 Å². The molecule has 4 N–H and O–H groups in total. The number of nitrogens with zero attached hydrogens (tertiary/aromatic N) is 2. The van der Waals surface area contributed by atoms with E-state index in [1.54, 1.807) is 24.0 Å². The van der Waals surface area contributed by atoms with E-state index in [0.29, 0.717) is 22.4 Å². The Hall–Kier alpha value is -2.71. The summed E-state index contributed by atoms with van der Waals surface area (Å²) < 4.78 is 33.8. The molecule has 1 atom stereocenters. The summed E-state index contributed by atoms with van der Waals surface area (Å²) in [6.45, 7) is 0.0972. The molecule has 0 radical (unpaired) electrons. The summed E-state index contributed by atoms with van der Waals surface area (Å²) in [5, 5.41) is 4.08. The average molecular weight is 395 g/mol. The normalized spacial score (nSPS) is 12.3. The zero-order valence-electron chi connectivity index (χ0n) is 14.4. The molecule has 142 valence electrons. The molecule has 27 heavy (non-hydrogen) atoms. The minimum absolute atomic E-state index is 0.0221. The smallest absolute Gasteiger partial charge is 0.284 e. The quantitative estimate of drug-likeness (QED) is 0.671. The highest BCUT2D eigenvalue weighted by Crippen LogP contribution is 2.40. The number of benzene rings is 1. The molecule has 0 aliphatic carbocycles. The van der Waals surface area contributed by atoms with E-state index in [-0.39, 0.29) is 23.9 Å². The molecule has 0 aliphatic rings. The largest absolute Gasteiger partial charge is 0.438 e. The molecule has 1 aromatic carbocycles. The van der Waals surface area contributed by atoms with Crippen molar-refractivity contribution < 1.29 is 18.0 Å². The molecule has 0 spiro atoms. The second-order valence-electron chi connectivity index (χ2n) is 6.08. The van der Waals surface area contributed by atoms with Crippen molar-refractivity contribution in [3.05, 3.63) is 64.2 Å². The molecule has 0 bridgehead atoms. The minimum Gasteiger partial charge on any atom is -0.438 e. The first-order valence-electron chi connectivity index (χ1n) is 8.07. The van der Waals surface area contributed by atoms with E-state index in [1.165, 1.54) is 6.07 Å². The first-order chi connectivity index (χ1) is 12.8. The van der Waals surface area contributed by atoms with Gasteiger partial charge in [0.15, 0.2) is 17.4 Å². The zero-order chi connectivity index (χ0) is 19.7. The molecule has 3 aromatic rings. The van der Waals surface area contributed by atoms with Gasteiger partial charge in [0, 0.05) is 24.7 Å². The molecule has 0 saturated heterocycles. The molecule has 0 saturated carbocycles. The lowest BCUT2D eigenvalue weighted by molar-refractivity contribution is 0.0972. The van der Waals surface area contributed by atoms with Crippen LogP contribution in [0.1, 0.15) is 27.6 Å². The molecule has 2 heterocycles. The van der Waals surface area contributed by atoms with Crippen molar-refractivity contribution in [3.8, 4) is 11.3 Å². The SMILES string of the molecule is Cn1nccc1-c1c(Cl)oc(C(N)=O)c1[C@@H](CN)Cc1ccc(F)c(F)c1. The second-order valence-corrected chi connectivity index (χ2v) is 6.43. The van der Waals surface area contributed by atoms with E-state index >= 15 is 0 Å². The van der Waals surface area contributed by atoms with Gasteiger partial charge in [-0.2, -0.15) is 5.10 Å². The fourth-order valence-electron chi connectivity index (χ4n) is 3.10. The maximum Gasteiger partial charge on any atom is 0.284 e. The Labute approximate surface area is 158 Å². The number of furan rings is 1. The van der Waals surface area contributed by atoms with E-state index in [1.807, 2.05) is 0 Å². The fraction of sp³-hybridized carbons (Fsp3) is 0.222. The van der Waals surface area contributed by atoms with Crippen molar-refractivity contribution in [1.29, 1.82) is 0 Å². The van der Waals surface area contributed by atoms with Crippen LogP contribution in [0.2, 0.25) is 5.22 Å². The third-order valence-electron chi connectivity index (χ3n) is 4.36. The Morgan fingerprint density at radius 3 is 2.63 bits per heavy atom. The molecule has 0 aliphatic heterocycles. The van der Waals surface area contributed by atoms with Gasteiger partial charge in [0.25, 0.3) is 5.91 Å². The van der Waals surface area contributed by atoms with Gasteiger partial charge in [-0.25, -0.2) is 8.78 Å². The summed E-state index contributed by atoms with van der Waals surface area (Å²) in [6.07, 6.45) is 1.80. The number of aryl methyl sites for hydroxylation is 1. The van der Waals surface area contributed by atoms with Gasteiger partial charge in [-0.05, 0) is 48.3 Å². The van der Waals surface area contributed by atoms with Gasteiger partial charge in [0.05, 0.1) is 11.3 Å². The van der Waals surface area contributed by atoms with Gasteiger partial charge in [-0.15, -0.1) is 0 Å². The van der Waals surface area contributed by atoms with Crippen molar-refractivity contribution in [2.75, 3.05) is 6.54 Å². The number of rotatable bonds is 6. The predicted octanol–water partition coefficient (Wildman–Crippen LogP) is 3.00. The fourth-order valence-corrected chi connectivity index (χ4v) is 3.38. The van der Waals surface area contributed by atoms with E-state index in [2.05, 4.69) is 5.10 Å². The number of aromatic nitrogens is 2. The number of hydrogen-bond donors (Lipinski definition) is 2. The number of nitrogens with two attached hydrogens (primary N) is 2. The van der Waals surface area contributed by atoms with Gasteiger partial charge < -0.3 is 15.9 Å². The van der Waals surface area contributed by atoms with Crippen molar-refractivity contribution in [1.82, 2.24) is 9.78 Å². The monoisotopic (exact) mass is 394 g/mol. The zero-order valence-corrected chi connectivity index (χ0v) is 15.1. The van der Waals surface area contributed by atoms with Crippen LogP contribution in [-0.4, -0.2) is 22.2 Å². The third kappa shape index (κ3) is 3.58. The van der Waals surface area contributed by atoms with Crippen LogP contribution in [0.15, 0.2) is 34.9 Å². The topological polar surface area (TPSA) is 100 Å². The van der Waals surface area contributed by atoms with Crippen LogP contribution in [0.3, 0.4) is 0 Å². The summed E-state index contributed by atoms with van der Waals surface area (Å²) in [5.41, 5.74) is 13.4. The molecular formula is C18H17ClF2N4O2. The maximum absolute atomic E-state index is 13.6. The summed E-state index contributed by atoms with van der Waals surface area (Å²) in [5.74, 6) is -3.30. The maximum atomic E-state index is 13.6. The number of carbonyl (C=O) groups is 1. The van der Waals surface area contributed by atoms with E-state index in [4.69, 9.17) is 27.5 Å². The lowest BCUT2D eigenvalue weighted by Crippen LogP contribution is -2.20. The number of primary amides is 1. The minimum atomic E-state index is -0.963. The van der Waals surface area contributed by atoms with Crippen molar-refractivity contribution in [2.24, 2.45) is 18.5 Å². The molecular weight excluding hydrogens is 378 g/mol. The molecule has 1 amide bonds. The first kappa shape index (κ1) is 19.1. The third-order valence-corrected chi connectivity index (χ3v) is 4.63. The highest BCUT2D eigenvalue weighted by atomic mass is 35.5. The second kappa shape index (κ2) is 7.50. The van der Waals surface area contributed by atoms with Crippen molar-refractivity contribution in [3.63, 3.8) is 0 Å². The number of carbonyl (C=O) groups excluding carboxylic acids is 1. The van der Waals surface area contributed by atoms with Gasteiger partial charge >= 0.3 is 0 Å². The summed E-state index contributed by atoms with van der Waals surface area (Å²) in [6, 6.07) is 5.29. The summed E-state index contributed by atoms with van der Waals surface area (Å²) in [4.78, 5) is 11.9. The highest BCUT2D eigenvalue weighted by molar-refractivity contribution is 6.32. The Morgan fingerprint density at radius 2 is 2.07 bits per heavy atom. The lowest BCUT2D eigenvalue weighted by Gasteiger charge is -2.17. The van der Waals surface area contributed by atoms with E-state index in [0.717, 1.165) is 12.1 Å². The van der Waals surface area contributed by atoms with Crippen LogP contribution in [0, 0.1) is 11.6 Å². The van der Waals surface area contributed by atoms with Crippen LogP contribution in [-0.2, 0) is 13.5 Å². The highest BCUT2D eigenvalue weighted by Gasteiger charge is 2.30. The molecule has 0 unspecified atom stereocenters. The van der Waals surface area contributed by atoms with Crippen LogP contribution >= 0.6 is 11.6 Å². The standard InChI is InChI=1S/C18H17ClF2N4O2/c1-25-13(4-5-24-25)15-14(16(18(23)26)27-17(15)19)10(8-22)6-9-2-3-11(20)12(21)7-9/h2-5,7,10H,6,8,22H2,1H3,(H2,23,26)/t10-/m1/s1. The Bertz CT molecular complexity index is 999. The number of halogens is 3. The van der Waals surface area contributed by atoms with E-state index < -0.39 is 23.5 Å². The first-order valence-corrected chi connectivity index (χ1v) is 8.45. The van der Waals surface area contributed by atoms with Gasteiger partial charge in [0.2, 0.25) is 5.22 Å². The molecule has 9 heteroatoms. The van der Waals surface area contributed by atoms with Gasteiger partial charge in [-0.1, -0.05) is 6.07 Å². The number of hydrogen-bond acceptors (Lipinski definition) is 4. The van der Waals surface area contributed by atoms with Crippen LogP contribution in [0.25, 0.3) is 11.3 Å². The Balaban J connectivity index is 2.13. The lowest BCUT2D eigenvalue weighted by atomic mass is 9.88. The van der Waals surface area contributed by atoms with Crippen molar-refractivity contribution >= 4 is 17.5 Å². The van der Waals surface area contributed by atoms with Crippen LogP contribution < -0.4 is 11.5 Å². The molecule has 3 rings (SSSR count). The Kier molecular flexibility index (Phi) is 5.29. The molecule has 0 fully saturated rings. The van der Waals surface area contributed by atoms with Crippen molar-refractivity contribution in [2.45, 2.75) is 12.3 Å². The van der Waals surface area contributed by atoms with Gasteiger partial charge in [0.1, 0.15) is 0 Å². The Morgan fingerprint density at radius 1 is 1.33 bits per heavy atom. The van der Waals surface area contributed by atoms with Crippen LogP contribution in [0.5, 0.6) is 0 Å². The average Bonchev–Trinajstić information content (AvgIpc) is 3.18. The summed E-state index contributed by atoms with van der Waals surface area (Å²) >= 11 is 6.24. The van der Waals surface area contributed by atoms with Crippen LogP contribution in [0.4, 0.5) is 8.78 Å². The van der Waals surface area contributed by atoms with E-state index in [9.17, 15) is 13.6 Å².